The van der Waals surface area contributed by atoms with Crippen LogP contribution in [0.5, 0.6) is 0 Å². The zero-order valence-corrected chi connectivity index (χ0v) is 18.6. The normalized spacial score (nSPS) is 15.4. The van der Waals surface area contributed by atoms with E-state index in [0.717, 1.165) is 0 Å². The highest BCUT2D eigenvalue weighted by Gasteiger charge is 2.30. The number of aryl methyl sites for hydroxylation is 1. The number of carbonyl (C=O) groups excluding carboxylic acids is 2. The molecule has 9 heteroatoms. The molecule has 1 atom stereocenters. The van der Waals surface area contributed by atoms with Crippen molar-refractivity contribution in [1.29, 1.82) is 0 Å². The predicted molar refractivity (Wildman–Crippen MR) is 124 cm³/mol. The van der Waals surface area contributed by atoms with E-state index in [1.165, 1.54) is 12.1 Å². The van der Waals surface area contributed by atoms with Crippen LogP contribution in [-0.4, -0.2) is 20.2 Å². The van der Waals surface area contributed by atoms with Crippen molar-refractivity contribution in [3.05, 3.63) is 82.9 Å². The van der Waals surface area contributed by atoms with E-state index in [4.69, 9.17) is 11.6 Å². The Balaban J connectivity index is 1.59. The van der Waals surface area contributed by atoms with Gasteiger partial charge in [-0.05, 0) is 54.4 Å². The van der Waals surface area contributed by atoms with Gasteiger partial charge in [-0.2, -0.15) is 0 Å². The number of nitrogens with one attached hydrogen (secondary N) is 3. The molecule has 0 saturated heterocycles. The standard InChI is InChI=1S/C23H20ClN3O4S/c1-14-9-10-16(12-21(14)32(30,31)27-17-6-4-5-15(24)11-17)25-23(29)19-13-22(28)26-20-8-3-2-7-18(19)20/h2-12,19,27H,13H2,1H3,(H,25,29)(H,26,28). The maximum Gasteiger partial charge on any atom is 0.262 e. The summed E-state index contributed by atoms with van der Waals surface area (Å²) in [6, 6.07) is 18.1. The SMILES string of the molecule is Cc1ccc(NC(=O)C2CC(=O)Nc3ccccc32)cc1S(=O)(=O)Nc1cccc(Cl)c1. The van der Waals surface area contributed by atoms with Gasteiger partial charge in [0, 0.05) is 22.8 Å². The van der Waals surface area contributed by atoms with Crippen LogP contribution in [0, 0.1) is 6.92 Å². The van der Waals surface area contributed by atoms with Crippen molar-refractivity contribution in [2.45, 2.75) is 24.2 Å². The number of halogens is 1. The van der Waals surface area contributed by atoms with Gasteiger partial charge in [-0.15, -0.1) is 0 Å². The zero-order chi connectivity index (χ0) is 22.9. The van der Waals surface area contributed by atoms with Gasteiger partial charge < -0.3 is 10.6 Å². The van der Waals surface area contributed by atoms with Crippen molar-refractivity contribution < 1.29 is 18.0 Å². The Kier molecular flexibility index (Phi) is 5.90. The molecular weight excluding hydrogens is 450 g/mol. The topological polar surface area (TPSA) is 104 Å². The maximum absolute atomic E-state index is 13.0. The van der Waals surface area contributed by atoms with E-state index < -0.39 is 15.9 Å². The van der Waals surface area contributed by atoms with E-state index >= 15 is 0 Å². The van der Waals surface area contributed by atoms with Crippen LogP contribution in [0.4, 0.5) is 17.1 Å². The Morgan fingerprint density at radius 1 is 1.03 bits per heavy atom. The smallest absolute Gasteiger partial charge is 0.262 e. The van der Waals surface area contributed by atoms with Gasteiger partial charge in [-0.25, -0.2) is 8.42 Å². The van der Waals surface area contributed by atoms with E-state index in [1.807, 2.05) is 0 Å². The first-order valence-corrected chi connectivity index (χ1v) is 11.7. The number of carbonyl (C=O) groups is 2. The first-order chi connectivity index (χ1) is 15.2. The Labute approximate surface area is 190 Å². The van der Waals surface area contributed by atoms with Crippen LogP contribution in [0.2, 0.25) is 5.02 Å². The van der Waals surface area contributed by atoms with E-state index in [9.17, 15) is 18.0 Å². The molecule has 0 aliphatic carbocycles. The summed E-state index contributed by atoms with van der Waals surface area (Å²) in [4.78, 5) is 25.0. The quantitative estimate of drug-likeness (QED) is 0.511. The minimum Gasteiger partial charge on any atom is -0.326 e. The summed E-state index contributed by atoms with van der Waals surface area (Å²) in [5.74, 6) is -1.31. The molecule has 1 unspecified atom stereocenters. The van der Waals surface area contributed by atoms with Gasteiger partial charge >= 0.3 is 0 Å². The molecule has 164 valence electrons. The lowest BCUT2D eigenvalue weighted by atomic mass is 9.90. The van der Waals surface area contributed by atoms with Gasteiger partial charge in [0.2, 0.25) is 11.8 Å². The molecule has 0 radical (unpaired) electrons. The highest BCUT2D eigenvalue weighted by molar-refractivity contribution is 7.92. The average molecular weight is 470 g/mol. The number of hydrogen-bond donors (Lipinski definition) is 3. The van der Waals surface area contributed by atoms with Crippen LogP contribution < -0.4 is 15.4 Å². The third kappa shape index (κ3) is 4.61. The van der Waals surface area contributed by atoms with E-state index in [0.29, 0.717) is 33.2 Å². The second kappa shape index (κ2) is 8.64. The highest BCUT2D eigenvalue weighted by Crippen LogP contribution is 2.33. The second-order valence-corrected chi connectivity index (χ2v) is 9.56. The van der Waals surface area contributed by atoms with Crippen molar-refractivity contribution in [2.75, 3.05) is 15.4 Å². The molecule has 1 heterocycles. The third-order valence-corrected chi connectivity index (χ3v) is 6.90. The van der Waals surface area contributed by atoms with Crippen LogP contribution in [-0.2, 0) is 19.6 Å². The van der Waals surface area contributed by atoms with Gasteiger partial charge in [0.05, 0.1) is 16.5 Å². The summed E-state index contributed by atoms with van der Waals surface area (Å²) in [7, 11) is -3.93. The van der Waals surface area contributed by atoms with Crippen LogP contribution in [0.25, 0.3) is 0 Å². The summed E-state index contributed by atoms with van der Waals surface area (Å²) < 4.78 is 28.4. The number of sulfonamides is 1. The molecule has 0 fully saturated rings. The second-order valence-electron chi connectivity index (χ2n) is 7.48. The fourth-order valence-electron chi connectivity index (χ4n) is 3.60. The summed E-state index contributed by atoms with van der Waals surface area (Å²) in [5.41, 5.74) is 2.47. The Morgan fingerprint density at radius 3 is 2.59 bits per heavy atom. The Hall–Kier alpha value is -3.36. The molecule has 3 aromatic rings. The zero-order valence-electron chi connectivity index (χ0n) is 17.1. The van der Waals surface area contributed by atoms with Crippen LogP contribution >= 0.6 is 11.6 Å². The lowest BCUT2D eigenvalue weighted by molar-refractivity contribution is -0.123. The number of anilines is 3. The summed E-state index contributed by atoms with van der Waals surface area (Å²) in [6.07, 6.45) is 0.0101. The highest BCUT2D eigenvalue weighted by atomic mass is 35.5. The monoisotopic (exact) mass is 469 g/mol. The van der Waals surface area contributed by atoms with Crippen LogP contribution in [0.1, 0.15) is 23.5 Å². The molecule has 0 aromatic heterocycles. The minimum atomic E-state index is -3.93. The lowest BCUT2D eigenvalue weighted by Gasteiger charge is -2.25. The number of benzene rings is 3. The Bertz CT molecular complexity index is 1320. The minimum absolute atomic E-state index is 0.0101. The van der Waals surface area contributed by atoms with E-state index in [1.54, 1.807) is 61.5 Å². The average Bonchev–Trinajstić information content (AvgIpc) is 2.74. The van der Waals surface area contributed by atoms with Crippen LogP contribution in [0.3, 0.4) is 0 Å². The van der Waals surface area contributed by atoms with Crippen molar-refractivity contribution in [2.24, 2.45) is 0 Å². The first kappa shape index (κ1) is 21.9. The molecule has 0 bridgehead atoms. The molecule has 2 amide bonds. The molecule has 3 aromatic carbocycles. The molecule has 7 nitrogen and oxygen atoms in total. The molecule has 0 spiro atoms. The number of para-hydroxylation sites is 1. The third-order valence-electron chi connectivity index (χ3n) is 5.14. The summed E-state index contributed by atoms with van der Waals surface area (Å²) in [6.45, 7) is 1.67. The van der Waals surface area contributed by atoms with Crippen molar-refractivity contribution in [3.8, 4) is 0 Å². The first-order valence-electron chi connectivity index (χ1n) is 9.81. The Morgan fingerprint density at radius 2 is 1.81 bits per heavy atom. The van der Waals surface area contributed by atoms with E-state index in [2.05, 4.69) is 15.4 Å². The lowest BCUT2D eigenvalue weighted by Crippen LogP contribution is -2.30. The number of rotatable bonds is 5. The van der Waals surface area contributed by atoms with Gasteiger partial charge in [-0.3, -0.25) is 14.3 Å². The summed E-state index contributed by atoms with van der Waals surface area (Å²) in [5, 5.41) is 5.91. The molecule has 1 aliphatic rings. The molecule has 3 N–H and O–H groups in total. The number of fused-ring (bicyclic) bond motifs is 1. The number of hydrogen-bond acceptors (Lipinski definition) is 4. The van der Waals surface area contributed by atoms with Gasteiger partial charge in [0.15, 0.2) is 0 Å². The van der Waals surface area contributed by atoms with E-state index in [-0.39, 0.29) is 23.1 Å². The summed E-state index contributed by atoms with van der Waals surface area (Å²) >= 11 is 5.94. The fourth-order valence-corrected chi connectivity index (χ4v) is 5.12. The van der Waals surface area contributed by atoms with Gasteiger partial charge in [0.25, 0.3) is 10.0 Å². The molecule has 1 aliphatic heterocycles. The number of amides is 2. The van der Waals surface area contributed by atoms with Crippen molar-refractivity contribution >= 4 is 50.5 Å². The molecular formula is C23H20ClN3O4S. The van der Waals surface area contributed by atoms with Crippen LogP contribution in [0.15, 0.2) is 71.6 Å². The van der Waals surface area contributed by atoms with Gasteiger partial charge in [0.1, 0.15) is 0 Å². The largest absolute Gasteiger partial charge is 0.326 e. The molecule has 0 saturated carbocycles. The maximum atomic E-state index is 13.0. The predicted octanol–water partition coefficient (Wildman–Crippen LogP) is 4.51. The fraction of sp³-hybridized carbons (Fsp3) is 0.130. The molecule has 32 heavy (non-hydrogen) atoms. The van der Waals surface area contributed by atoms with Gasteiger partial charge in [-0.1, -0.05) is 41.9 Å². The van der Waals surface area contributed by atoms with Crippen molar-refractivity contribution in [3.63, 3.8) is 0 Å². The van der Waals surface area contributed by atoms with Crippen molar-refractivity contribution in [1.82, 2.24) is 0 Å². The molecule has 4 rings (SSSR count).